The van der Waals surface area contributed by atoms with Crippen molar-refractivity contribution in [1.82, 2.24) is 5.32 Å². The van der Waals surface area contributed by atoms with Gasteiger partial charge in [0.25, 0.3) is 5.91 Å². The Bertz CT molecular complexity index is 698. The second kappa shape index (κ2) is 10.2. The number of nitrogens with one attached hydrogen (secondary N) is 1. The van der Waals surface area contributed by atoms with Crippen molar-refractivity contribution >= 4 is 11.9 Å². The highest BCUT2D eigenvalue weighted by Gasteiger charge is 2.09. The van der Waals surface area contributed by atoms with Crippen molar-refractivity contribution in [2.45, 2.75) is 20.0 Å². The number of para-hydroxylation sites is 1. The Hall–Kier alpha value is -2.86. The lowest BCUT2D eigenvalue weighted by Crippen LogP contribution is -2.31. The highest BCUT2D eigenvalue weighted by atomic mass is 16.6. The van der Waals surface area contributed by atoms with Crippen LogP contribution in [-0.4, -0.2) is 37.7 Å². The average Bonchev–Trinajstić information content (AvgIpc) is 2.64. The third-order valence-electron chi connectivity index (χ3n) is 3.29. The maximum absolute atomic E-state index is 12.1. The number of ether oxygens (including phenoxy) is 3. The van der Waals surface area contributed by atoms with Gasteiger partial charge >= 0.3 is 5.97 Å². The fourth-order valence-electron chi connectivity index (χ4n) is 2.04. The number of rotatable bonds is 9. The summed E-state index contributed by atoms with van der Waals surface area (Å²) in [5.74, 6) is 0.479. The summed E-state index contributed by atoms with van der Waals surface area (Å²) in [6.45, 7) is 4.11. The molecule has 0 spiro atoms. The molecule has 1 amide bonds. The molecular formula is C20H23NO5. The SMILES string of the molecule is CC(C)OCCOC(=O)CNC(=O)c1ccc(Oc2ccccc2)cc1. The van der Waals surface area contributed by atoms with Gasteiger partial charge in [0, 0.05) is 5.56 Å². The van der Waals surface area contributed by atoms with Gasteiger partial charge in [0.15, 0.2) is 0 Å². The second-order valence-electron chi connectivity index (χ2n) is 5.76. The van der Waals surface area contributed by atoms with Crippen LogP contribution < -0.4 is 10.1 Å². The average molecular weight is 357 g/mol. The van der Waals surface area contributed by atoms with Crippen molar-refractivity contribution in [2.24, 2.45) is 0 Å². The molecule has 0 heterocycles. The van der Waals surface area contributed by atoms with E-state index >= 15 is 0 Å². The first kappa shape index (κ1) is 19.5. The van der Waals surface area contributed by atoms with Crippen LogP contribution in [0.3, 0.4) is 0 Å². The minimum atomic E-state index is -0.505. The number of carbonyl (C=O) groups excluding carboxylic acids is 2. The zero-order valence-electron chi connectivity index (χ0n) is 14.9. The van der Waals surface area contributed by atoms with Gasteiger partial charge < -0.3 is 19.5 Å². The van der Waals surface area contributed by atoms with Crippen LogP contribution in [0.2, 0.25) is 0 Å². The van der Waals surface area contributed by atoms with Crippen LogP contribution in [-0.2, 0) is 14.3 Å². The molecule has 6 heteroatoms. The molecule has 0 radical (unpaired) electrons. The fraction of sp³-hybridized carbons (Fsp3) is 0.300. The van der Waals surface area contributed by atoms with Crippen molar-refractivity contribution in [3.8, 4) is 11.5 Å². The van der Waals surface area contributed by atoms with Crippen molar-refractivity contribution in [1.29, 1.82) is 0 Å². The van der Waals surface area contributed by atoms with Crippen LogP contribution in [0.15, 0.2) is 54.6 Å². The van der Waals surface area contributed by atoms with Crippen molar-refractivity contribution in [2.75, 3.05) is 19.8 Å². The highest BCUT2D eigenvalue weighted by Crippen LogP contribution is 2.21. The van der Waals surface area contributed by atoms with Crippen LogP contribution in [0.1, 0.15) is 24.2 Å². The van der Waals surface area contributed by atoms with Gasteiger partial charge in [-0.3, -0.25) is 9.59 Å². The van der Waals surface area contributed by atoms with Crippen LogP contribution in [0, 0.1) is 0 Å². The first-order valence-corrected chi connectivity index (χ1v) is 8.43. The predicted molar refractivity (Wildman–Crippen MR) is 97.3 cm³/mol. The monoisotopic (exact) mass is 357 g/mol. The largest absolute Gasteiger partial charge is 0.462 e. The first-order chi connectivity index (χ1) is 12.5. The minimum absolute atomic E-state index is 0.0854. The van der Waals surface area contributed by atoms with Crippen LogP contribution in [0.5, 0.6) is 11.5 Å². The Morgan fingerprint density at radius 1 is 0.923 bits per heavy atom. The Morgan fingerprint density at radius 2 is 1.58 bits per heavy atom. The van der Waals surface area contributed by atoms with E-state index in [1.165, 1.54) is 0 Å². The maximum Gasteiger partial charge on any atom is 0.325 e. The van der Waals surface area contributed by atoms with Gasteiger partial charge in [-0.25, -0.2) is 0 Å². The third-order valence-corrected chi connectivity index (χ3v) is 3.29. The summed E-state index contributed by atoms with van der Waals surface area (Å²) < 4.78 is 15.9. The van der Waals surface area contributed by atoms with Crippen LogP contribution in [0.4, 0.5) is 0 Å². The normalized spacial score (nSPS) is 10.4. The number of hydrogen-bond donors (Lipinski definition) is 1. The molecule has 26 heavy (non-hydrogen) atoms. The number of amides is 1. The summed E-state index contributed by atoms with van der Waals surface area (Å²) in [5.41, 5.74) is 0.432. The van der Waals surface area contributed by atoms with Crippen molar-refractivity contribution in [3.05, 3.63) is 60.2 Å². The second-order valence-corrected chi connectivity index (χ2v) is 5.76. The highest BCUT2D eigenvalue weighted by molar-refractivity contribution is 5.96. The molecule has 138 valence electrons. The smallest absolute Gasteiger partial charge is 0.325 e. The topological polar surface area (TPSA) is 73.9 Å². The molecule has 0 aromatic heterocycles. The Kier molecular flexibility index (Phi) is 7.64. The molecule has 0 aliphatic heterocycles. The van der Waals surface area contributed by atoms with E-state index in [0.29, 0.717) is 23.7 Å². The molecule has 2 aromatic rings. The van der Waals surface area contributed by atoms with E-state index in [2.05, 4.69) is 5.32 Å². The molecule has 0 saturated heterocycles. The lowest BCUT2D eigenvalue weighted by atomic mass is 10.2. The molecule has 0 saturated carbocycles. The zero-order chi connectivity index (χ0) is 18.8. The Morgan fingerprint density at radius 3 is 2.23 bits per heavy atom. The van der Waals surface area contributed by atoms with E-state index in [1.54, 1.807) is 24.3 Å². The summed E-state index contributed by atoms with van der Waals surface area (Å²) in [4.78, 5) is 23.6. The molecule has 2 rings (SSSR count). The van der Waals surface area contributed by atoms with Gasteiger partial charge in [0.2, 0.25) is 0 Å². The molecule has 0 aliphatic carbocycles. The molecule has 0 aliphatic rings. The predicted octanol–water partition coefficient (Wildman–Crippen LogP) is 3.18. The van der Waals surface area contributed by atoms with E-state index in [-0.39, 0.29) is 25.2 Å². The molecule has 0 bridgehead atoms. The fourth-order valence-corrected chi connectivity index (χ4v) is 2.04. The Labute approximate surface area is 153 Å². The van der Waals surface area contributed by atoms with Gasteiger partial charge in [-0.05, 0) is 50.2 Å². The summed E-state index contributed by atoms with van der Waals surface area (Å²) in [6, 6.07) is 16.0. The number of esters is 1. The van der Waals surface area contributed by atoms with E-state index in [4.69, 9.17) is 14.2 Å². The van der Waals surface area contributed by atoms with E-state index in [0.717, 1.165) is 0 Å². The lowest BCUT2D eigenvalue weighted by Gasteiger charge is -2.09. The van der Waals surface area contributed by atoms with Crippen molar-refractivity contribution in [3.63, 3.8) is 0 Å². The van der Waals surface area contributed by atoms with Gasteiger partial charge in [-0.2, -0.15) is 0 Å². The standard InChI is InChI=1S/C20H23NO5/c1-15(2)24-12-13-25-19(22)14-21-20(23)16-8-10-18(11-9-16)26-17-6-4-3-5-7-17/h3-11,15H,12-14H2,1-2H3,(H,21,23). The minimum Gasteiger partial charge on any atom is -0.462 e. The third kappa shape index (κ3) is 6.94. The quantitative estimate of drug-likeness (QED) is 0.551. The maximum atomic E-state index is 12.1. The molecule has 0 fully saturated rings. The van der Waals surface area contributed by atoms with Gasteiger partial charge in [0.1, 0.15) is 24.7 Å². The summed E-state index contributed by atoms with van der Waals surface area (Å²) in [7, 11) is 0. The summed E-state index contributed by atoms with van der Waals surface area (Å²) in [6.07, 6.45) is 0.0854. The molecule has 2 aromatic carbocycles. The van der Waals surface area contributed by atoms with E-state index in [1.807, 2.05) is 44.2 Å². The molecule has 1 N–H and O–H groups in total. The molecule has 0 atom stereocenters. The lowest BCUT2D eigenvalue weighted by molar-refractivity contribution is -0.144. The molecular weight excluding hydrogens is 334 g/mol. The zero-order valence-corrected chi connectivity index (χ0v) is 14.9. The summed E-state index contributed by atoms with van der Waals surface area (Å²) >= 11 is 0. The van der Waals surface area contributed by atoms with Gasteiger partial charge in [0.05, 0.1) is 12.7 Å². The summed E-state index contributed by atoms with van der Waals surface area (Å²) in [5, 5.41) is 2.52. The van der Waals surface area contributed by atoms with Gasteiger partial charge in [-0.1, -0.05) is 18.2 Å². The molecule has 0 unspecified atom stereocenters. The van der Waals surface area contributed by atoms with Gasteiger partial charge in [-0.15, -0.1) is 0 Å². The number of hydrogen-bond acceptors (Lipinski definition) is 5. The number of benzene rings is 2. The Balaban J connectivity index is 1.74. The number of carbonyl (C=O) groups is 2. The first-order valence-electron chi connectivity index (χ1n) is 8.43. The van der Waals surface area contributed by atoms with Crippen LogP contribution >= 0.6 is 0 Å². The van der Waals surface area contributed by atoms with Crippen LogP contribution in [0.25, 0.3) is 0 Å². The van der Waals surface area contributed by atoms with E-state index < -0.39 is 5.97 Å². The van der Waals surface area contributed by atoms with E-state index in [9.17, 15) is 9.59 Å². The molecule has 6 nitrogen and oxygen atoms in total. The van der Waals surface area contributed by atoms with Crippen molar-refractivity contribution < 1.29 is 23.8 Å².